The van der Waals surface area contributed by atoms with Gasteiger partial charge in [0.05, 0.1) is 23.5 Å². The Balaban J connectivity index is 1.40. The van der Waals surface area contributed by atoms with Gasteiger partial charge in [0.1, 0.15) is 24.0 Å². The van der Waals surface area contributed by atoms with Gasteiger partial charge in [-0.05, 0) is 47.5 Å². The van der Waals surface area contributed by atoms with Gasteiger partial charge in [0.25, 0.3) is 5.56 Å². The molecule has 0 atom stereocenters. The zero-order valence-electron chi connectivity index (χ0n) is 17.9. The fourth-order valence-corrected chi connectivity index (χ4v) is 3.10. The number of aromatic amines is 1. The lowest BCUT2D eigenvalue weighted by atomic mass is 10.1. The molecule has 1 heterocycles. The lowest BCUT2D eigenvalue weighted by molar-refractivity contribution is 0.306. The highest BCUT2D eigenvalue weighted by molar-refractivity contribution is 5.80. The number of nitriles is 2. The summed E-state index contributed by atoms with van der Waals surface area (Å²) in [7, 11) is 0. The Bertz CT molecular complexity index is 1450. The normalized spacial score (nSPS) is 10.4. The third-order valence-corrected chi connectivity index (χ3v) is 4.83. The molecule has 4 aromatic rings. The van der Waals surface area contributed by atoms with Crippen molar-refractivity contribution in [1.29, 1.82) is 10.5 Å². The second-order valence-electron chi connectivity index (χ2n) is 7.15. The smallest absolute Gasteiger partial charge is 0.270 e. The van der Waals surface area contributed by atoms with Crippen LogP contribution in [0.2, 0.25) is 0 Å². The van der Waals surface area contributed by atoms with Crippen molar-refractivity contribution in [3.8, 4) is 29.1 Å². The molecule has 0 bridgehead atoms. The van der Waals surface area contributed by atoms with Crippen molar-refractivity contribution in [2.45, 2.75) is 6.61 Å². The minimum Gasteiger partial charge on any atom is -0.489 e. The van der Waals surface area contributed by atoms with E-state index in [1.165, 1.54) is 0 Å². The third-order valence-electron chi connectivity index (χ3n) is 4.83. The van der Waals surface area contributed by atoms with Crippen LogP contribution < -0.4 is 15.7 Å². The van der Waals surface area contributed by atoms with Gasteiger partial charge in [-0.3, -0.25) is 9.78 Å². The Hall–Kier alpha value is -5.21. The second-order valence-corrected chi connectivity index (χ2v) is 7.15. The van der Waals surface area contributed by atoms with Gasteiger partial charge in [0.15, 0.2) is 0 Å². The molecule has 0 saturated carbocycles. The summed E-state index contributed by atoms with van der Waals surface area (Å²) in [6.45, 7) is 0.391. The number of hydrogen-bond acceptors (Lipinski definition) is 7. The van der Waals surface area contributed by atoms with E-state index in [0.717, 1.165) is 11.1 Å². The van der Waals surface area contributed by atoms with Crippen LogP contribution in [-0.2, 0) is 6.61 Å². The molecule has 0 fully saturated rings. The molecule has 0 aliphatic rings. The standard InChI is InChI=1S/C26H18N6O2/c27-14-18-6-8-20(9-7-18)17-34-22-12-10-19(11-13-22)16-29-32-26-30-24(21-4-2-1-3-5-21)23(15-28)25(33)31-26/h1-13,16H,17H2,(H2,30,31,32,33). The van der Waals surface area contributed by atoms with Crippen LogP contribution in [-0.4, -0.2) is 16.2 Å². The molecule has 0 unspecified atom stereocenters. The molecule has 0 radical (unpaired) electrons. The maximum absolute atomic E-state index is 12.3. The highest BCUT2D eigenvalue weighted by Gasteiger charge is 2.12. The maximum Gasteiger partial charge on any atom is 0.270 e. The van der Waals surface area contributed by atoms with Crippen molar-refractivity contribution in [2.75, 3.05) is 5.43 Å². The molecule has 8 heteroatoms. The van der Waals surface area contributed by atoms with Crippen LogP contribution in [0.1, 0.15) is 22.3 Å². The summed E-state index contributed by atoms with van der Waals surface area (Å²) in [4.78, 5) is 19.2. The number of nitrogens with zero attached hydrogens (tertiary/aromatic N) is 4. The van der Waals surface area contributed by atoms with Gasteiger partial charge in [-0.25, -0.2) is 10.4 Å². The minimum absolute atomic E-state index is 0.0580. The number of aromatic nitrogens is 2. The molecule has 34 heavy (non-hydrogen) atoms. The van der Waals surface area contributed by atoms with Gasteiger partial charge in [0.2, 0.25) is 5.95 Å². The Morgan fingerprint density at radius 3 is 2.38 bits per heavy atom. The van der Waals surface area contributed by atoms with E-state index in [4.69, 9.17) is 10.00 Å². The zero-order valence-corrected chi connectivity index (χ0v) is 17.9. The van der Waals surface area contributed by atoms with Crippen molar-refractivity contribution in [2.24, 2.45) is 5.10 Å². The SMILES string of the molecule is N#Cc1ccc(COc2ccc(C=NNc3nc(-c4ccccc4)c(C#N)c(=O)[nH]3)cc2)cc1. The van der Waals surface area contributed by atoms with Crippen LogP contribution in [0.3, 0.4) is 0 Å². The molecule has 0 spiro atoms. The average Bonchev–Trinajstić information content (AvgIpc) is 2.89. The minimum atomic E-state index is -0.544. The molecule has 2 N–H and O–H groups in total. The Kier molecular flexibility index (Phi) is 6.73. The van der Waals surface area contributed by atoms with E-state index in [2.05, 4.69) is 26.6 Å². The summed E-state index contributed by atoms with van der Waals surface area (Å²) < 4.78 is 5.77. The van der Waals surface area contributed by atoms with E-state index >= 15 is 0 Å². The van der Waals surface area contributed by atoms with Crippen LogP contribution in [0.25, 0.3) is 11.3 Å². The van der Waals surface area contributed by atoms with Crippen LogP contribution in [0, 0.1) is 22.7 Å². The molecule has 0 aliphatic carbocycles. The predicted octanol–water partition coefficient (Wildman–Crippen LogP) is 4.21. The van der Waals surface area contributed by atoms with E-state index in [-0.39, 0.29) is 17.2 Å². The number of nitrogens with one attached hydrogen (secondary N) is 2. The highest BCUT2D eigenvalue weighted by Crippen LogP contribution is 2.19. The van der Waals surface area contributed by atoms with Crippen molar-refractivity contribution < 1.29 is 4.74 Å². The Morgan fingerprint density at radius 2 is 1.71 bits per heavy atom. The van der Waals surface area contributed by atoms with Crippen molar-refractivity contribution in [1.82, 2.24) is 9.97 Å². The van der Waals surface area contributed by atoms with E-state index in [0.29, 0.717) is 23.5 Å². The first-order valence-electron chi connectivity index (χ1n) is 10.3. The van der Waals surface area contributed by atoms with Crippen LogP contribution in [0.4, 0.5) is 5.95 Å². The van der Waals surface area contributed by atoms with Crippen LogP contribution in [0.15, 0.2) is 88.8 Å². The number of rotatable bonds is 7. The Labute approximate surface area is 195 Å². The number of H-pyrrole nitrogens is 1. The summed E-state index contributed by atoms with van der Waals surface area (Å²) in [6, 6.07) is 27.5. The van der Waals surface area contributed by atoms with Crippen LogP contribution in [0.5, 0.6) is 5.75 Å². The van der Waals surface area contributed by atoms with Gasteiger partial charge in [-0.15, -0.1) is 0 Å². The number of ether oxygens (including phenoxy) is 1. The number of anilines is 1. The summed E-state index contributed by atoms with van der Waals surface area (Å²) in [5.74, 6) is 0.821. The largest absolute Gasteiger partial charge is 0.489 e. The highest BCUT2D eigenvalue weighted by atomic mass is 16.5. The first-order valence-corrected chi connectivity index (χ1v) is 10.3. The molecule has 1 aromatic heterocycles. The third kappa shape index (κ3) is 5.34. The first kappa shape index (κ1) is 22.0. The summed E-state index contributed by atoms with van der Waals surface area (Å²) in [6.07, 6.45) is 1.57. The fraction of sp³-hybridized carbons (Fsp3) is 0.0385. The van der Waals surface area contributed by atoms with E-state index in [1.807, 2.05) is 60.7 Å². The average molecular weight is 446 g/mol. The van der Waals surface area contributed by atoms with Gasteiger partial charge in [-0.2, -0.15) is 15.6 Å². The lowest BCUT2D eigenvalue weighted by Gasteiger charge is -2.07. The van der Waals surface area contributed by atoms with Gasteiger partial charge in [-0.1, -0.05) is 42.5 Å². The van der Waals surface area contributed by atoms with E-state index < -0.39 is 5.56 Å². The molecular weight excluding hydrogens is 428 g/mol. The Morgan fingerprint density at radius 1 is 0.971 bits per heavy atom. The fourth-order valence-electron chi connectivity index (χ4n) is 3.10. The van der Waals surface area contributed by atoms with Crippen molar-refractivity contribution in [3.63, 3.8) is 0 Å². The van der Waals surface area contributed by atoms with Crippen LogP contribution >= 0.6 is 0 Å². The second kappa shape index (κ2) is 10.4. The van der Waals surface area contributed by atoms with E-state index in [1.54, 1.807) is 30.5 Å². The zero-order chi connectivity index (χ0) is 23.8. The van der Waals surface area contributed by atoms with Gasteiger partial charge in [0, 0.05) is 5.56 Å². The van der Waals surface area contributed by atoms with Gasteiger partial charge >= 0.3 is 0 Å². The summed E-state index contributed by atoms with van der Waals surface area (Å²) in [5.41, 5.74) is 5.43. The summed E-state index contributed by atoms with van der Waals surface area (Å²) >= 11 is 0. The number of hydrazone groups is 1. The maximum atomic E-state index is 12.3. The molecule has 0 amide bonds. The monoisotopic (exact) mass is 446 g/mol. The number of hydrogen-bond donors (Lipinski definition) is 2. The topological polar surface area (TPSA) is 127 Å². The molecule has 4 rings (SSSR count). The molecule has 0 saturated heterocycles. The lowest BCUT2D eigenvalue weighted by Crippen LogP contribution is -2.16. The van der Waals surface area contributed by atoms with Gasteiger partial charge < -0.3 is 4.74 Å². The quantitative estimate of drug-likeness (QED) is 0.323. The molecule has 8 nitrogen and oxygen atoms in total. The van der Waals surface area contributed by atoms with Crippen molar-refractivity contribution in [3.05, 3.63) is 111 Å². The molecule has 164 valence electrons. The molecule has 3 aromatic carbocycles. The molecular formula is C26H18N6O2. The summed E-state index contributed by atoms with van der Waals surface area (Å²) in [5, 5.41) is 22.3. The van der Waals surface area contributed by atoms with E-state index in [9.17, 15) is 10.1 Å². The van der Waals surface area contributed by atoms with Crippen molar-refractivity contribution >= 4 is 12.2 Å². The predicted molar refractivity (Wildman–Crippen MR) is 128 cm³/mol. The first-order chi connectivity index (χ1) is 16.7. The number of benzene rings is 3. The molecule has 0 aliphatic heterocycles.